The number of aromatic amines is 1. The Kier molecular flexibility index (Phi) is 4.42. The molecule has 0 bridgehead atoms. The van der Waals surface area contributed by atoms with Gasteiger partial charge in [0.1, 0.15) is 17.1 Å². The smallest absolute Gasteiger partial charge is 0.153 e. The molecule has 3 aromatic rings. The number of hydrogen-bond acceptors (Lipinski definition) is 4. The minimum atomic E-state index is -0.758. The van der Waals surface area contributed by atoms with Crippen LogP contribution in [0.3, 0.4) is 0 Å². The molecule has 0 amide bonds. The molecule has 1 atom stereocenters. The van der Waals surface area contributed by atoms with Gasteiger partial charge in [-0.1, -0.05) is 41.9 Å². The molecular formula is C19H19ClN4O. The summed E-state index contributed by atoms with van der Waals surface area (Å²) in [6, 6.07) is 14.9. The van der Waals surface area contributed by atoms with E-state index in [1.165, 1.54) is 12.8 Å². The minimum absolute atomic E-state index is 0.323. The molecule has 2 aromatic heterocycles. The number of anilines is 2. The molecule has 128 valence electrons. The lowest BCUT2D eigenvalue weighted by Crippen LogP contribution is -2.02. The van der Waals surface area contributed by atoms with E-state index in [1.54, 1.807) is 12.1 Å². The average Bonchev–Trinajstić information content (AvgIpc) is 3.32. The molecule has 1 unspecified atom stereocenters. The number of rotatable bonds is 6. The molecule has 0 saturated heterocycles. The Labute approximate surface area is 151 Å². The highest BCUT2D eigenvalue weighted by Crippen LogP contribution is 2.32. The van der Waals surface area contributed by atoms with E-state index >= 15 is 0 Å². The Hall–Kier alpha value is -2.37. The van der Waals surface area contributed by atoms with Crippen LogP contribution in [-0.4, -0.2) is 20.3 Å². The Morgan fingerprint density at radius 2 is 1.92 bits per heavy atom. The second kappa shape index (κ2) is 6.86. The van der Waals surface area contributed by atoms with E-state index < -0.39 is 6.10 Å². The predicted molar refractivity (Wildman–Crippen MR) is 98.0 cm³/mol. The number of aliphatic hydroxyl groups excluding tert-OH is 1. The summed E-state index contributed by atoms with van der Waals surface area (Å²) in [5.41, 5.74) is 2.61. The predicted octanol–water partition coefficient (Wildman–Crippen LogP) is 4.24. The first-order valence-electron chi connectivity index (χ1n) is 8.39. The molecule has 25 heavy (non-hydrogen) atoms. The largest absolute Gasteiger partial charge is 0.384 e. The quantitative estimate of drug-likeness (QED) is 0.579. The molecule has 4 rings (SSSR count). The molecular weight excluding hydrogens is 336 g/mol. The van der Waals surface area contributed by atoms with Crippen molar-refractivity contribution in [1.29, 1.82) is 0 Å². The normalized spacial score (nSPS) is 15.1. The maximum atomic E-state index is 10.6. The summed E-state index contributed by atoms with van der Waals surface area (Å²) >= 11 is 6.14. The van der Waals surface area contributed by atoms with Crippen molar-refractivity contribution in [2.24, 2.45) is 5.92 Å². The highest BCUT2D eigenvalue weighted by Gasteiger charge is 2.22. The fourth-order valence-corrected chi connectivity index (χ4v) is 3.08. The third-order valence-electron chi connectivity index (χ3n) is 4.34. The first-order valence-corrected chi connectivity index (χ1v) is 8.77. The van der Waals surface area contributed by atoms with Crippen LogP contribution < -0.4 is 5.32 Å². The van der Waals surface area contributed by atoms with Crippen LogP contribution in [0.15, 0.2) is 48.5 Å². The van der Waals surface area contributed by atoms with E-state index in [-0.39, 0.29) is 0 Å². The standard InChI is InChI=1S/C19H19ClN4O/c20-16-9-14(19(25)13-4-2-1-3-5-13)10-17(21-16)22-18-11-15(23-24-18)8-12-6-7-12/h1-5,9-12,19,25H,6-8H2,(H2,21,22,23,24). The second-order valence-corrected chi connectivity index (χ2v) is 6.86. The minimum Gasteiger partial charge on any atom is -0.384 e. The van der Waals surface area contributed by atoms with Gasteiger partial charge in [0.2, 0.25) is 0 Å². The number of aromatic nitrogens is 3. The van der Waals surface area contributed by atoms with Gasteiger partial charge in [-0.3, -0.25) is 5.10 Å². The molecule has 5 nitrogen and oxygen atoms in total. The molecule has 1 saturated carbocycles. The van der Waals surface area contributed by atoms with Crippen molar-refractivity contribution in [1.82, 2.24) is 15.2 Å². The van der Waals surface area contributed by atoms with E-state index in [2.05, 4.69) is 20.5 Å². The zero-order valence-corrected chi connectivity index (χ0v) is 14.4. The lowest BCUT2D eigenvalue weighted by molar-refractivity contribution is 0.220. The van der Waals surface area contributed by atoms with Gasteiger partial charge in [-0.2, -0.15) is 5.10 Å². The molecule has 6 heteroatoms. The number of benzene rings is 1. The van der Waals surface area contributed by atoms with E-state index in [9.17, 15) is 5.11 Å². The van der Waals surface area contributed by atoms with Gasteiger partial charge < -0.3 is 10.4 Å². The van der Waals surface area contributed by atoms with Crippen molar-refractivity contribution in [2.45, 2.75) is 25.4 Å². The summed E-state index contributed by atoms with van der Waals surface area (Å²) in [7, 11) is 0. The molecule has 0 radical (unpaired) electrons. The summed E-state index contributed by atoms with van der Waals surface area (Å²) in [6.45, 7) is 0. The maximum Gasteiger partial charge on any atom is 0.153 e. The van der Waals surface area contributed by atoms with Gasteiger partial charge in [0.15, 0.2) is 5.82 Å². The van der Waals surface area contributed by atoms with Gasteiger partial charge in [0.25, 0.3) is 0 Å². The van der Waals surface area contributed by atoms with E-state index in [0.29, 0.717) is 22.4 Å². The Morgan fingerprint density at radius 3 is 2.68 bits per heavy atom. The molecule has 1 fully saturated rings. The molecule has 1 aliphatic carbocycles. The molecule has 0 spiro atoms. The first-order chi connectivity index (χ1) is 12.2. The van der Waals surface area contributed by atoms with Gasteiger partial charge in [0.05, 0.1) is 0 Å². The molecule has 2 heterocycles. The maximum absolute atomic E-state index is 10.6. The summed E-state index contributed by atoms with van der Waals surface area (Å²) in [5, 5.41) is 21.4. The van der Waals surface area contributed by atoms with E-state index in [0.717, 1.165) is 23.6 Å². The van der Waals surface area contributed by atoms with E-state index in [1.807, 2.05) is 36.4 Å². The van der Waals surface area contributed by atoms with Crippen molar-refractivity contribution in [3.63, 3.8) is 0 Å². The highest BCUT2D eigenvalue weighted by atomic mass is 35.5. The summed E-state index contributed by atoms with van der Waals surface area (Å²) in [5.74, 6) is 2.05. The topological polar surface area (TPSA) is 73.8 Å². The summed E-state index contributed by atoms with van der Waals surface area (Å²) < 4.78 is 0. The van der Waals surface area contributed by atoms with Crippen molar-refractivity contribution in [3.05, 3.63) is 70.5 Å². The van der Waals surface area contributed by atoms with Gasteiger partial charge in [-0.05, 0) is 48.4 Å². The monoisotopic (exact) mass is 354 g/mol. The van der Waals surface area contributed by atoms with Gasteiger partial charge in [-0.15, -0.1) is 0 Å². The lowest BCUT2D eigenvalue weighted by atomic mass is 10.0. The Morgan fingerprint density at radius 1 is 1.12 bits per heavy atom. The third kappa shape index (κ3) is 4.00. The molecule has 1 aromatic carbocycles. The molecule has 0 aliphatic heterocycles. The number of pyridine rings is 1. The van der Waals surface area contributed by atoms with Crippen molar-refractivity contribution in [2.75, 3.05) is 5.32 Å². The number of hydrogen-bond donors (Lipinski definition) is 3. The van der Waals surface area contributed by atoms with Crippen molar-refractivity contribution < 1.29 is 5.11 Å². The van der Waals surface area contributed by atoms with Crippen LogP contribution in [0.4, 0.5) is 11.6 Å². The summed E-state index contributed by atoms with van der Waals surface area (Å²) in [4.78, 5) is 4.28. The number of aliphatic hydroxyl groups is 1. The van der Waals surface area contributed by atoms with Crippen LogP contribution >= 0.6 is 11.6 Å². The second-order valence-electron chi connectivity index (χ2n) is 6.47. The highest BCUT2D eigenvalue weighted by molar-refractivity contribution is 6.29. The number of nitrogens with one attached hydrogen (secondary N) is 2. The molecule has 1 aliphatic rings. The molecule has 3 N–H and O–H groups in total. The Balaban J connectivity index is 1.53. The first kappa shape index (κ1) is 16.1. The summed E-state index contributed by atoms with van der Waals surface area (Å²) in [6.07, 6.45) is 2.89. The van der Waals surface area contributed by atoms with Crippen LogP contribution in [0.5, 0.6) is 0 Å². The van der Waals surface area contributed by atoms with Crippen LogP contribution in [0.25, 0.3) is 0 Å². The van der Waals surface area contributed by atoms with Crippen LogP contribution in [0.2, 0.25) is 5.15 Å². The fraction of sp³-hybridized carbons (Fsp3) is 0.263. The third-order valence-corrected chi connectivity index (χ3v) is 4.53. The number of halogens is 1. The van der Waals surface area contributed by atoms with E-state index in [4.69, 9.17) is 11.6 Å². The zero-order valence-electron chi connectivity index (χ0n) is 13.6. The van der Waals surface area contributed by atoms with Crippen LogP contribution in [-0.2, 0) is 6.42 Å². The van der Waals surface area contributed by atoms with Gasteiger partial charge >= 0.3 is 0 Å². The van der Waals surface area contributed by atoms with Crippen molar-refractivity contribution in [3.8, 4) is 0 Å². The fourth-order valence-electron chi connectivity index (χ4n) is 2.86. The van der Waals surface area contributed by atoms with Crippen molar-refractivity contribution >= 4 is 23.2 Å². The van der Waals surface area contributed by atoms with Crippen LogP contribution in [0, 0.1) is 5.92 Å². The zero-order chi connectivity index (χ0) is 17.2. The van der Waals surface area contributed by atoms with Crippen LogP contribution in [0.1, 0.15) is 35.8 Å². The number of H-pyrrole nitrogens is 1. The number of nitrogens with zero attached hydrogens (tertiary/aromatic N) is 2. The SMILES string of the molecule is OC(c1ccccc1)c1cc(Cl)nc(Nc2cc(CC3CC3)[nH]n2)c1. The Bertz CT molecular complexity index is 861. The van der Waals surface area contributed by atoms with Gasteiger partial charge in [-0.25, -0.2) is 4.98 Å². The van der Waals surface area contributed by atoms with Gasteiger partial charge in [0, 0.05) is 11.8 Å². The lowest BCUT2D eigenvalue weighted by Gasteiger charge is -2.13. The average molecular weight is 355 g/mol.